The molecule has 0 saturated heterocycles. The smallest absolute Gasteiger partial charge is 0.231 e. The molecule has 1 aliphatic rings. The van der Waals surface area contributed by atoms with Crippen LogP contribution in [0.2, 0.25) is 0 Å². The summed E-state index contributed by atoms with van der Waals surface area (Å²) in [6, 6.07) is 16.1. The number of hydrogen-bond acceptors (Lipinski definition) is 2. The van der Waals surface area contributed by atoms with E-state index in [9.17, 15) is 4.79 Å². The maximum atomic E-state index is 13.0. The van der Waals surface area contributed by atoms with Crippen molar-refractivity contribution in [2.45, 2.75) is 32.2 Å². The van der Waals surface area contributed by atoms with Crippen LogP contribution in [0.1, 0.15) is 31.4 Å². The number of H-pyrrole nitrogens is 1. The van der Waals surface area contributed by atoms with E-state index >= 15 is 0 Å². The van der Waals surface area contributed by atoms with Crippen molar-refractivity contribution < 1.29 is 4.79 Å². The van der Waals surface area contributed by atoms with Crippen LogP contribution in [0.15, 0.2) is 54.9 Å². The highest BCUT2D eigenvalue weighted by Crippen LogP contribution is 2.64. The molecule has 0 unspecified atom stereocenters. The quantitative estimate of drug-likeness (QED) is 0.772. The molecule has 122 valence electrons. The fourth-order valence-electron chi connectivity index (χ4n) is 3.78. The Labute approximate surface area is 141 Å². The molecule has 2 aromatic carbocycles. The van der Waals surface area contributed by atoms with Gasteiger partial charge in [-0.2, -0.15) is 0 Å². The summed E-state index contributed by atoms with van der Waals surface area (Å²) in [5.41, 5.74) is 3.69. The number of aromatic amines is 1. The third-order valence-corrected chi connectivity index (χ3v) is 5.33. The molecule has 1 fully saturated rings. The summed E-state index contributed by atoms with van der Waals surface area (Å²) in [6.07, 6.45) is 2.57. The first-order valence-electron chi connectivity index (χ1n) is 8.29. The molecule has 1 aliphatic carbocycles. The van der Waals surface area contributed by atoms with Gasteiger partial charge in [0.25, 0.3) is 0 Å². The van der Waals surface area contributed by atoms with Gasteiger partial charge in [-0.05, 0) is 35.1 Å². The van der Waals surface area contributed by atoms with E-state index in [1.54, 1.807) is 6.33 Å². The topological polar surface area (TPSA) is 57.8 Å². The zero-order valence-electron chi connectivity index (χ0n) is 14.0. The van der Waals surface area contributed by atoms with Crippen molar-refractivity contribution in [1.29, 1.82) is 0 Å². The lowest BCUT2D eigenvalue weighted by Gasteiger charge is -2.20. The van der Waals surface area contributed by atoms with Gasteiger partial charge < -0.3 is 10.3 Å². The highest BCUT2D eigenvalue weighted by Gasteiger charge is 2.66. The third-order valence-electron chi connectivity index (χ3n) is 5.33. The Morgan fingerprint density at radius 2 is 1.96 bits per heavy atom. The Kier molecular flexibility index (Phi) is 3.23. The van der Waals surface area contributed by atoms with Crippen molar-refractivity contribution in [2.24, 2.45) is 5.41 Å². The van der Waals surface area contributed by atoms with Gasteiger partial charge in [0.1, 0.15) is 0 Å². The van der Waals surface area contributed by atoms with Gasteiger partial charge in [0.05, 0.1) is 22.8 Å². The van der Waals surface area contributed by atoms with Gasteiger partial charge in [0.2, 0.25) is 5.91 Å². The highest BCUT2D eigenvalue weighted by molar-refractivity contribution is 5.93. The van der Waals surface area contributed by atoms with Gasteiger partial charge in [-0.25, -0.2) is 4.98 Å². The maximum absolute atomic E-state index is 13.0. The summed E-state index contributed by atoms with van der Waals surface area (Å²) in [7, 11) is 0. The molecule has 1 atom stereocenters. The van der Waals surface area contributed by atoms with Gasteiger partial charge in [-0.3, -0.25) is 4.79 Å². The van der Waals surface area contributed by atoms with E-state index in [1.165, 1.54) is 0 Å². The molecule has 1 saturated carbocycles. The van der Waals surface area contributed by atoms with Crippen molar-refractivity contribution in [1.82, 2.24) is 15.3 Å². The molecule has 1 aromatic heterocycles. The number of benzene rings is 2. The van der Waals surface area contributed by atoms with Crippen molar-refractivity contribution in [2.75, 3.05) is 0 Å². The molecule has 4 heteroatoms. The lowest BCUT2D eigenvalue weighted by Crippen LogP contribution is -2.37. The molecule has 3 aromatic rings. The first kappa shape index (κ1) is 14.9. The van der Waals surface area contributed by atoms with E-state index < -0.39 is 5.41 Å². The van der Waals surface area contributed by atoms with Crippen LogP contribution in [0.5, 0.6) is 0 Å². The highest BCUT2D eigenvalue weighted by atomic mass is 16.2. The second-order valence-corrected chi connectivity index (χ2v) is 7.27. The van der Waals surface area contributed by atoms with E-state index in [2.05, 4.69) is 41.3 Å². The molecular weight excluding hydrogens is 298 g/mol. The largest absolute Gasteiger partial charge is 0.351 e. The van der Waals surface area contributed by atoms with E-state index in [4.69, 9.17) is 0 Å². The third kappa shape index (κ3) is 2.21. The normalized spacial score (nSPS) is 21.6. The number of nitrogens with zero attached hydrogens (tertiary/aromatic N) is 1. The van der Waals surface area contributed by atoms with Crippen LogP contribution in [0.25, 0.3) is 11.0 Å². The van der Waals surface area contributed by atoms with Crippen molar-refractivity contribution in [3.8, 4) is 0 Å². The number of carbonyl (C=O) groups is 1. The minimum Gasteiger partial charge on any atom is -0.351 e. The monoisotopic (exact) mass is 319 g/mol. The summed E-state index contributed by atoms with van der Waals surface area (Å²) in [6.45, 7) is 4.85. The Morgan fingerprint density at radius 1 is 1.21 bits per heavy atom. The fourth-order valence-corrected chi connectivity index (χ4v) is 3.78. The Morgan fingerprint density at radius 3 is 2.67 bits per heavy atom. The predicted octanol–water partition coefficient (Wildman–Crippen LogP) is 3.55. The molecule has 4 nitrogen and oxygen atoms in total. The molecule has 0 radical (unpaired) electrons. The standard InChI is InChI=1S/C20H21N3O/c1-19(2)12-20(19,15-6-4-3-5-7-15)18(24)21-11-14-8-9-16-17(10-14)23-13-22-16/h3-10,13H,11-12H2,1-2H3,(H,21,24)(H,22,23)/t20-/m1/s1. The molecule has 2 N–H and O–H groups in total. The fraction of sp³-hybridized carbons (Fsp3) is 0.300. The molecule has 0 spiro atoms. The van der Waals surface area contributed by atoms with E-state index in [0.717, 1.165) is 28.6 Å². The van der Waals surface area contributed by atoms with Crippen LogP contribution in [-0.4, -0.2) is 15.9 Å². The Hall–Kier alpha value is -2.62. The second kappa shape index (κ2) is 5.20. The number of amides is 1. The van der Waals surface area contributed by atoms with Crippen LogP contribution in [0, 0.1) is 5.41 Å². The molecule has 0 aliphatic heterocycles. The van der Waals surface area contributed by atoms with Gasteiger partial charge in [0.15, 0.2) is 0 Å². The maximum Gasteiger partial charge on any atom is 0.231 e. The van der Waals surface area contributed by atoms with Gasteiger partial charge in [-0.15, -0.1) is 0 Å². The SMILES string of the molecule is CC1(C)C[C@]1(C(=O)NCc1ccc2nc[nH]c2c1)c1ccccc1. The van der Waals surface area contributed by atoms with Crippen LogP contribution in [-0.2, 0) is 16.8 Å². The van der Waals surface area contributed by atoms with Gasteiger partial charge in [0, 0.05) is 6.54 Å². The van der Waals surface area contributed by atoms with Gasteiger partial charge in [-0.1, -0.05) is 50.2 Å². The average molecular weight is 319 g/mol. The number of aromatic nitrogens is 2. The van der Waals surface area contributed by atoms with Crippen LogP contribution >= 0.6 is 0 Å². The average Bonchev–Trinajstić information content (AvgIpc) is 2.94. The molecule has 24 heavy (non-hydrogen) atoms. The van der Waals surface area contributed by atoms with E-state index in [-0.39, 0.29) is 11.3 Å². The van der Waals surface area contributed by atoms with E-state index in [1.807, 2.05) is 36.4 Å². The molecular formula is C20H21N3O. The zero-order valence-corrected chi connectivity index (χ0v) is 14.0. The summed E-state index contributed by atoms with van der Waals surface area (Å²) in [5, 5.41) is 3.14. The van der Waals surface area contributed by atoms with Crippen LogP contribution in [0.4, 0.5) is 0 Å². The number of carbonyl (C=O) groups excluding carboxylic acids is 1. The van der Waals surface area contributed by atoms with Crippen molar-refractivity contribution in [3.05, 3.63) is 66.0 Å². The van der Waals surface area contributed by atoms with Crippen LogP contribution < -0.4 is 5.32 Å². The summed E-state index contributed by atoms with van der Waals surface area (Å²) in [4.78, 5) is 20.3. The summed E-state index contributed by atoms with van der Waals surface area (Å²) < 4.78 is 0. The minimum atomic E-state index is -0.410. The lowest BCUT2D eigenvalue weighted by atomic mass is 9.87. The second-order valence-electron chi connectivity index (χ2n) is 7.27. The Balaban J connectivity index is 1.54. The van der Waals surface area contributed by atoms with Crippen molar-refractivity contribution >= 4 is 16.9 Å². The number of imidazole rings is 1. The minimum absolute atomic E-state index is 0.00817. The first-order chi connectivity index (χ1) is 11.5. The number of rotatable bonds is 4. The first-order valence-corrected chi connectivity index (χ1v) is 8.29. The zero-order chi connectivity index (χ0) is 16.8. The predicted molar refractivity (Wildman–Crippen MR) is 94.5 cm³/mol. The van der Waals surface area contributed by atoms with Crippen molar-refractivity contribution in [3.63, 3.8) is 0 Å². The number of fused-ring (bicyclic) bond motifs is 1. The molecule has 0 bridgehead atoms. The Bertz CT molecular complexity index is 897. The summed E-state index contributed by atoms with van der Waals surface area (Å²) in [5.74, 6) is 0.114. The van der Waals surface area contributed by atoms with Gasteiger partial charge >= 0.3 is 0 Å². The lowest BCUT2D eigenvalue weighted by molar-refractivity contribution is -0.124. The number of nitrogens with one attached hydrogen (secondary N) is 2. The van der Waals surface area contributed by atoms with Crippen LogP contribution in [0.3, 0.4) is 0 Å². The molecule has 1 heterocycles. The van der Waals surface area contributed by atoms with E-state index in [0.29, 0.717) is 6.54 Å². The molecule has 4 rings (SSSR count). The number of hydrogen-bond donors (Lipinski definition) is 2. The summed E-state index contributed by atoms with van der Waals surface area (Å²) >= 11 is 0. The molecule has 1 amide bonds.